The molecule has 0 atom stereocenters. The fourth-order valence-corrected chi connectivity index (χ4v) is 3.20. The van der Waals surface area contributed by atoms with Crippen LogP contribution >= 0.6 is 0 Å². The Morgan fingerprint density at radius 1 is 1.08 bits per heavy atom. The molecule has 1 aromatic heterocycles. The van der Waals surface area contributed by atoms with E-state index in [0.717, 1.165) is 0 Å². The van der Waals surface area contributed by atoms with Crippen molar-refractivity contribution in [3.63, 3.8) is 0 Å². The van der Waals surface area contributed by atoms with Crippen molar-refractivity contribution in [3.8, 4) is 11.4 Å². The van der Waals surface area contributed by atoms with Gasteiger partial charge in [-0.15, -0.1) is 10.2 Å². The summed E-state index contributed by atoms with van der Waals surface area (Å²) in [5.41, 5.74) is 1.80. The van der Waals surface area contributed by atoms with Gasteiger partial charge in [0.05, 0.1) is 23.7 Å². The molecule has 0 fully saturated rings. The van der Waals surface area contributed by atoms with E-state index in [1.54, 1.807) is 30.3 Å². The number of sulfone groups is 1. The Morgan fingerprint density at radius 2 is 1.76 bits per heavy atom. The molecule has 0 bridgehead atoms. The van der Waals surface area contributed by atoms with Gasteiger partial charge in [0, 0.05) is 17.5 Å². The summed E-state index contributed by atoms with van der Waals surface area (Å²) in [5.74, 6) is 0.383. The van der Waals surface area contributed by atoms with E-state index in [1.807, 2.05) is 18.2 Å². The molecule has 0 aliphatic carbocycles. The van der Waals surface area contributed by atoms with Crippen LogP contribution < -0.4 is 5.32 Å². The van der Waals surface area contributed by atoms with E-state index in [2.05, 4.69) is 20.7 Å². The summed E-state index contributed by atoms with van der Waals surface area (Å²) in [6.45, 7) is 0.164. The van der Waals surface area contributed by atoms with E-state index >= 15 is 0 Å². The SMILES string of the molecule is CS(=O)(=O)c1ccccc1Nc1ccccc1-c1nnn(CCO)n1. The first kappa shape index (κ1) is 17.1. The van der Waals surface area contributed by atoms with Crippen molar-refractivity contribution in [1.29, 1.82) is 0 Å². The van der Waals surface area contributed by atoms with Crippen molar-refractivity contribution >= 4 is 21.2 Å². The normalized spacial score (nSPS) is 11.4. The van der Waals surface area contributed by atoms with Gasteiger partial charge < -0.3 is 10.4 Å². The molecule has 130 valence electrons. The molecule has 0 spiro atoms. The van der Waals surface area contributed by atoms with E-state index in [-0.39, 0.29) is 18.0 Å². The van der Waals surface area contributed by atoms with E-state index in [9.17, 15) is 8.42 Å². The lowest BCUT2D eigenvalue weighted by atomic mass is 10.1. The van der Waals surface area contributed by atoms with Gasteiger partial charge in [-0.3, -0.25) is 0 Å². The zero-order valence-electron chi connectivity index (χ0n) is 13.5. The third-order valence-electron chi connectivity index (χ3n) is 3.48. The average Bonchev–Trinajstić information content (AvgIpc) is 3.04. The molecule has 25 heavy (non-hydrogen) atoms. The Kier molecular flexibility index (Phi) is 4.77. The summed E-state index contributed by atoms with van der Waals surface area (Å²) in [6.07, 6.45) is 1.17. The first-order valence-electron chi connectivity index (χ1n) is 7.53. The molecule has 0 amide bonds. The molecule has 2 N–H and O–H groups in total. The van der Waals surface area contributed by atoms with Crippen molar-refractivity contribution in [2.24, 2.45) is 0 Å². The summed E-state index contributed by atoms with van der Waals surface area (Å²) >= 11 is 0. The highest BCUT2D eigenvalue weighted by atomic mass is 32.2. The highest BCUT2D eigenvalue weighted by Gasteiger charge is 2.15. The van der Waals surface area contributed by atoms with Crippen LogP contribution in [-0.4, -0.2) is 46.6 Å². The lowest BCUT2D eigenvalue weighted by Crippen LogP contribution is -2.06. The van der Waals surface area contributed by atoms with Crippen LogP contribution in [0.1, 0.15) is 0 Å². The zero-order chi connectivity index (χ0) is 17.9. The Balaban J connectivity index is 2.00. The minimum absolute atomic E-state index is 0.0859. The van der Waals surface area contributed by atoms with Crippen LogP contribution in [0, 0.1) is 0 Å². The maximum absolute atomic E-state index is 12.0. The molecular weight excluding hydrogens is 342 g/mol. The van der Waals surface area contributed by atoms with Gasteiger partial charge >= 0.3 is 0 Å². The van der Waals surface area contributed by atoms with Crippen molar-refractivity contribution in [2.75, 3.05) is 18.2 Å². The molecule has 1 heterocycles. The van der Waals surface area contributed by atoms with Gasteiger partial charge in [-0.25, -0.2) is 8.42 Å². The van der Waals surface area contributed by atoms with Crippen LogP contribution in [0.15, 0.2) is 53.4 Å². The number of tetrazole rings is 1. The first-order chi connectivity index (χ1) is 12.0. The maximum Gasteiger partial charge on any atom is 0.207 e. The van der Waals surface area contributed by atoms with Crippen molar-refractivity contribution < 1.29 is 13.5 Å². The van der Waals surface area contributed by atoms with Crippen molar-refractivity contribution in [2.45, 2.75) is 11.4 Å². The maximum atomic E-state index is 12.0. The highest BCUT2D eigenvalue weighted by Crippen LogP contribution is 2.30. The zero-order valence-corrected chi connectivity index (χ0v) is 14.3. The van der Waals surface area contributed by atoms with Crippen LogP contribution in [-0.2, 0) is 16.4 Å². The Bertz CT molecular complexity index is 985. The predicted octanol–water partition coefficient (Wildman–Crippen LogP) is 1.48. The van der Waals surface area contributed by atoms with Gasteiger partial charge in [-0.1, -0.05) is 24.3 Å². The van der Waals surface area contributed by atoms with Crippen LogP contribution in [0.2, 0.25) is 0 Å². The fourth-order valence-electron chi connectivity index (χ4n) is 2.36. The molecule has 9 heteroatoms. The predicted molar refractivity (Wildman–Crippen MR) is 93.2 cm³/mol. The third kappa shape index (κ3) is 3.83. The summed E-state index contributed by atoms with van der Waals surface area (Å²) < 4.78 is 23.9. The number of hydrogen-bond acceptors (Lipinski definition) is 7. The van der Waals surface area contributed by atoms with Crippen LogP contribution in [0.4, 0.5) is 11.4 Å². The number of para-hydroxylation sites is 2. The number of rotatable bonds is 6. The first-order valence-corrected chi connectivity index (χ1v) is 9.42. The highest BCUT2D eigenvalue weighted by molar-refractivity contribution is 7.90. The number of aliphatic hydroxyl groups excluding tert-OH is 1. The quantitative estimate of drug-likeness (QED) is 0.686. The monoisotopic (exact) mass is 359 g/mol. The number of aromatic nitrogens is 4. The number of nitrogens with zero attached hydrogens (tertiary/aromatic N) is 4. The van der Waals surface area contributed by atoms with Crippen LogP contribution in [0.25, 0.3) is 11.4 Å². The van der Waals surface area contributed by atoms with Gasteiger partial charge in [-0.2, -0.15) is 4.80 Å². The second-order valence-electron chi connectivity index (χ2n) is 5.37. The Morgan fingerprint density at radius 3 is 2.48 bits per heavy atom. The molecule has 0 radical (unpaired) electrons. The summed E-state index contributed by atoms with van der Waals surface area (Å²) in [5, 5.41) is 24.2. The standard InChI is InChI=1S/C16H17N5O3S/c1-25(23,24)15-9-5-4-8-14(15)17-13-7-3-2-6-12(13)16-18-20-21(19-16)10-11-22/h2-9,17,22H,10-11H2,1H3. The summed E-state index contributed by atoms with van der Waals surface area (Å²) in [4.78, 5) is 1.51. The Hall–Kier alpha value is -2.78. The van der Waals surface area contributed by atoms with Gasteiger partial charge in [0.1, 0.15) is 0 Å². The van der Waals surface area contributed by atoms with Crippen LogP contribution in [0.5, 0.6) is 0 Å². The minimum Gasteiger partial charge on any atom is -0.394 e. The van der Waals surface area contributed by atoms with E-state index in [1.165, 1.54) is 11.1 Å². The molecule has 3 aromatic rings. The smallest absolute Gasteiger partial charge is 0.207 e. The van der Waals surface area contributed by atoms with Gasteiger partial charge in [0.2, 0.25) is 5.82 Å². The van der Waals surface area contributed by atoms with Gasteiger partial charge in [0.25, 0.3) is 0 Å². The Labute approximate surface area is 145 Å². The van der Waals surface area contributed by atoms with Crippen molar-refractivity contribution in [3.05, 3.63) is 48.5 Å². The largest absolute Gasteiger partial charge is 0.394 e. The van der Waals surface area contributed by atoms with E-state index in [4.69, 9.17) is 5.11 Å². The molecule has 0 unspecified atom stereocenters. The van der Waals surface area contributed by atoms with Gasteiger partial charge in [0.15, 0.2) is 9.84 Å². The third-order valence-corrected chi connectivity index (χ3v) is 4.63. The van der Waals surface area contributed by atoms with Crippen LogP contribution in [0.3, 0.4) is 0 Å². The average molecular weight is 359 g/mol. The summed E-state index contributed by atoms with van der Waals surface area (Å²) in [7, 11) is -3.37. The molecule has 3 rings (SSSR count). The number of hydrogen-bond donors (Lipinski definition) is 2. The number of aliphatic hydroxyl groups is 1. The van der Waals surface area contributed by atoms with E-state index < -0.39 is 9.84 Å². The molecule has 2 aromatic carbocycles. The second kappa shape index (κ2) is 6.99. The fraction of sp³-hybridized carbons (Fsp3) is 0.188. The topological polar surface area (TPSA) is 110 Å². The van der Waals surface area contributed by atoms with E-state index in [0.29, 0.717) is 22.8 Å². The van der Waals surface area contributed by atoms with Crippen molar-refractivity contribution in [1.82, 2.24) is 20.2 Å². The lowest BCUT2D eigenvalue weighted by molar-refractivity contribution is 0.259. The summed E-state index contributed by atoms with van der Waals surface area (Å²) in [6, 6.07) is 14.0. The number of benzene rings is 2. The molecule has 0 aliphatic heterocycles. The minimum atomic E-state index is -3.37. The molecule has 0 saturated heterocycles. The lowest BCUT2D eigenvalue weighted by Gasteiger charge is -2.13. The number of anilines is 2. The molecule has 0 saturated carbocycles. The molecule has 0 aliphatic rings. The second-order valence-corrected chi connectivity index (χ2v) is 7.36. The molecule has 8 nitrogen and oxygen atoms in total. The molecular formula is C16H17N5O3S. The number of nitrogens with one attached hydrogen (secondary N) is 1. The van der Waals surface area contributed by atoms with Gasteiger partial charge in [-0.05, 0) is 29.5 Å².